The Morgan fingerprint density at radius 1 is 1.37 bits per heavy atom. The van der Waals surface area contributed by atoms with Crippen LogP contribution < -0.4 is 0 Å². The van der Waals surface area contributed by atoms with Gasteiger partial charge in [0.2, 0.25) is 0 Å². The summed E-state index contributed by atoms with van der Waals surface area (Å²) in [5.74, 6) is -1.44. The summed E-state index contributed by atoms with van der Waals surface area (Å²) in [5.41, 5.74) is -0.113. The smallest absolute Gasteiger partial charge is 0.354 e. The first-order chi connectivity index (χ1) is 9.16. The number of carboxylic acid groups (broad SMARTS) is 1. The predicted molar refractivity (Wildman–Crippen MR) is 66.0 cm³/mol. The van der Waals surface area contributed by atoms with Crippen molar-refractivity contribution in [2.75, 3.05) is 26.2 Å². The molecule has 3 heterocycles. The van der Waals surface area contributed by atoms with Crippen molar-refractivity contribution in [1.29, 1.82) is 0 Å². The van der Waals surface area contributed by atoms with Crippen LogP contribution >= 0.6 is 0 Å². The highest BCUT2D eigenvalue weighted by Gasteiger charge is 2.34. The van der Waals surface area contributed by atoms with Gasteiger partial charge in [-0.25, -0.2) is 9.78 Å². The Hall–Kier alpha value is -1.89. The van der Waals surface area contributed by atoms with Gasteiger partial charge in [0.15, 0.2) is 11.4 Å². The molecule has 1 unspecified atom stereocenters. The van der Waals surface area contributed by atoms with Crippen LogP contribution in [0.15, 0.2) is 6.33 Å². The van der Waals surface area contributed by atoms with Gasteiger partial charge in [-0.15, -0.1) is 0 Å². The highest BCUT2D eigenvalue weighted by molar-refractivity contribution is 6.02. The molecule has 1 amide bonds. The zero-order valence-corrected chi connectivity index (χ0v) is 10.5. The lowest BCUT2D eigenvalue weighted by Gasteiger charge is -2.37. The lowest BCUT2D eigenvalue weighted by atomic mass is 10.1. The average Bonchev–Trinajstić information content (AvgIpc) is 3.05. The second-order valence-corrected chi connectivity index (χ2v) is 5.01. The van der Waals surface area contributed by atoms with Gasteiger partial charge < -0.3 is 15.0 Å². The van der Waals surface area contributed by atoms with Crippen LogP contribution in [-0.2, 0) is 0 Å². The zero-order chi connectivity index (χ0) is 13.4. The van der Waals surface area contributed by atoms with E-state index in [1.807, 2.05) is 0 Å². The van der Waals surface area contributed by atoms with E-state index in [9.17, 15) is 9.59 Å². The number of hydrogen-bond donors (Lipinski definition) is 2. The fourth-order valence-electron chi connectivity index (χ4n) is 2.94. The molecule has 0 radical (unpaired) electrons. The van der Waals surface area contributed by atoms with Crippen LogP contribution in [0.25, 0.3) is 0 Å². The highest BCUT2D eigenvalue weighted by Crippen LogP contribution is 2.22. The van der Waals surface area contributed by atoms with Gasteiger partial charge >= 0.3 is 5.97 Å². The number of aromatic nitrogens is 2. The van der Waals surface area contributed by atoms with Crippen molar-refractivity contribution < 1.29 is 14.7 Å². The van der Waals surface area contributed by atoms with Crippen LogP contribution in [0.1, 0.15) is 33.8 Å². The van der Waals surface area contributed by atoms with Gasteiger partial charge in [0.25, 0.3) is 5.91 Å². The van der Waals surface area contributed by atoms with E-state index in [1.54, 1.807) is 4.90 Å². The molecule has 2 saturated heterocycles. The maximum Gasteiger partial charge on any atom is 0.354 e. The molecule has 0 aliphatic carbocycles. The van der Waals surface area contributed by atoms with Crippen LogP contribution in [0, 0.1) is 0 Å². The number of nitrogens with one attached hydrogen (secondary N) is 1. The minimum Gasteiger partial charge on any atom is -0.477 e. The molecule has 1 aromatic rings. The maximum atomic E-state index is 12.3. The lowest BCUT2D eigenvalue weighted by molar-refractivity contribution is 0.0554. The Kier molecular flexibility index (Phi) is 2.98. The largest absolute Gasteiger partial charge is 0.477 e. The molecular weight excluding hydrogens is 248 g/mol. The van der Waals surface area contributed by atoms with E-state index in [1.165, 1.54) is 12.7 Å². The Balaban J connectivity index is 1.77. The third kappa shape index (κ3) is 2.10. The molecule has 2 N–H and O–H groups in total. The first-order valence-electron chi connectivity index (χ1n) is 6.47. The third-order valence-corrected chi connectivity index (χ3v) is 3.93. The molecule has 2 fully saturated rings. The Morgan fingerprint density at radius 2 is 2.21 bits per heavy atom. The molecule has 7 nitrogen and oxygen atoms in total. The summed E-state index contributed by atoms with van der Waals surface area (Å²) < 4.78 is 0. The van der Waals surface area contributed by atoms with Crippen LogP contribution in [0.2, 0.25) is 0 Å². The molecule has 0 saturated carbocycles. The third-order valence-electron chi connectivity index (χ3n) is 3.93. The van der Waals surface area contributed by atoms with Crippen LogP contribution in [-0.4, -0.2) is 69.0 Å². The normalized spacial score (nSPS) is 23.4. The molecule has 7 heteroatoms. The molecule has 1 aromatic heterocycles. The molecule has 0 spiro atoms. The number of carbonyl (C=O) groups excluding carboxylic acids is 1. The topological polar surface area (TPSA) is 89.5 Å². The van der Waals surface area contributed by atoms with Crippen molar-refractivity contribution in [3.63, 3.8) is 0 Å². The predicted octanol–water partition coefficient (Wildman–Crippen LogP) is 0.0281. The van der Waals surface area contributed by atoms with E-state index in [2.05, 4.69) is 14.9 Å². The number of amides is 1. The Bertz CT molecular complexity index is 513. The van der Waals surface area contributed by atoms with Crippen LogP contribution in [0.4, 0.5) is 0 Å². The molecule has 2 aliphatic rings. The number of piperazine rings is 1. The number of rotatable bonds is 2. The number of carboxylic acids is 1. The minimum atomic E-state index is -1.15. The number of nitrogens with zero attached hydrogens (tertiary/aromatic N) is 3. The van der Waals surface area contributed by atoms with Crippen molar-refractivity contribution in [3.05, 3.63) is 17.7 Å². The number of H-pyrrole nitrogens is 1. The second-order valence-electron chi connectivity index (χ2n) is 5.01. The van der Waals surface area contributed by atoms with Gasteiger partial charge in [-0.1, -0.05) is 0 Å². The molecule has 0 aromatic carbocycles. The van der Waals surface area contributed by atoms with Crippen molar-refractivity contribution in [1.82, 2.24) is 19.8 Å². The van der Waals surface area contributed by atoms with E-state index in [0.717, 1.165) is 19.5 Å². The summed E-state index contributed by atoms with van der Waals surface area (Å²) in [6.07, 6.45) is 3.54. The van der Waals surface area contributed by atoms with Crippen LogP contribution in [0.3, 0.4) is 0 Å². The van der Waals surface area contributed by atoms with Gasteiger partial charge in [-0.05, 0) is 19.4 Å². The number of carbonyl (C=O) groups is 2. The summed E-state index contributed by atoms with van der Waals surface area (Å²) in [6, 6.07) is 0.421. The first kappa shape index (κ1) is 12.2. The molecule has 0 bridgehead atoms. The van der Waals surface area contributed by atoms with Crippen LogP contribution in [0.5, 0.6) is 0 Å². The van der Waals surface area contributed by atoms with E-state index >= 15 is 0 Å². The SMILES string of the molecule is O=C(O)c1[nH]cnc1C(=O)N1CCN2CCCC2C1. The van der Waals surface area contributed by atoms with Gasteiger partial charge in [0.1, 0.15) is 0 Å². The van der Waals surface area contributed by atoms with E-state index in [-0.39, 0.29) is 17.3 Å². The monoisotopic (exact) mass is 264 g/mol. The van der Waals surface area contributed by atoms with E-state index in [0.29, 0.717) is 19.1 Å². The molecule has 2 aliphatic heterocycles. The first-order valence-corrected chi connectivity index (χ1v) is 6.47. The summed E-state index contributed by atoms with van der Waals surface area (Å²) >= 11 is 0. The van der Waals surface area contributed by atoms with Crippen molar-refractivity contribution >= 4 is 11.9 Å². The van der Waals surface area contributed by atoms with E-state index in [4.69, 9.17) is 5.11 Å². The van der Waals surface area contributed by atoms with Crippen molar-refractivity contribution in [2.24, 2.45) is 0 Å². The Labute approximate surface area is 110 Å². The number of fused-ring (bicyclic) bond motifs is 1. The molecular formula is C12H16N4O3. The minimum absolute atomic E-state index is 0.0129. The number of imidazole rings is 1. The van der Waals surface area contributed by atoms with E-state index < -0.39 is 5.97 Å². The maximum absolute atomic E-state index is 12.3. The summed E-state index contributed by atoms with van der Waals surface area (Å²) in [7, 11) is 0. The molecule has 19 heavy (non-hydrogen) atoms. The standard InChI is InChI=1S/C12H16N4O3/c17-11(9-10(12(18)19)14-7-13-9)16-5-4-15-3-1-2-8(15)6-16/h7-8H,1-6H2,(H,13,14)(H,18,19). The summed E-state index contributed by atoms with van der Waals surface area (Å²) in [5, 5.41) is 9.00. The number of aromatic amines is 1. The highest BCUT2D eigenvalue weighted by atomic mass is 16.4. The fraction of sp³-hybridized carbons (Fsp3) is 0.583. The van der Waals surface area contributed by atoms with Crippen molar-refractivity contribution in [2.45, 2.75) is 18.9 Å². The van der Waals surface area contributed by atoms with Gasteiger partial charge in [-0.3, -0.25) is 9.69 Å². The average molecular weight is 264 g/mol. The zero-order valence-electron chi connectivity index (χ0n) is 10.5. The van der Waals surface area contributed by atoms with Gasteiger partial charge in [-0.2, -0.15) is 0 Å². The number of aromatic carboxylic acids is 1. The summed E-state index contributed by atoms with van der Waals surface area (Å²) in [4.78, 5) is 33.8. The van der Waals surface area contributed by atoms with Gasteiger partial charge in [0.05, 0.1) is 6.33 Å². The second kappa shape index (κ2) is 4.65. The molecule has 102 valence electrons. The van der Waals surface area contributed by atoms with Crippen molar-refractivity contribution in [3.8, 4) is 0 Å². The summed E-state index contributed by atoms with van der Waals surface area (Å²) in [6.45, 7) is 3.28. The lowest BCUT2D eigenvalue weighted by Crippen LogP contribution is -2.52. The Morgan fingerprint density at radius 3 is 3.00 bits per heavy atom. The van der Waals surface area contributed by atoms with Gasteiger partial charge in [0, 0.05) is 25.7 Å². The fourth-order valence-corrected chi connectivity index (χ4v) is 2.94. The quantitative estimate of drug-likeness (QED) is 0.786. The number of hydrogen-bond acceptors (Lipinski definition) is 4. The molecule has 3 rings (SSSR count). The molecule has 1 atom stereocenters.